The number of carbonyl (C=O) groups is 1. The molecule has 35 heavy (non-hydrogen) atoms. The van der Waals surface area contributed by atoms with E-state index in [0.717, 1.165) is 6.42 Å². The molecular formula is C25H25NO8S. The van der Waals surface area contributed by atoms with Gasteiger partial charge in [-0.1, -0.05) is 6.92 Å². The lowest BCUT2D eigenvalue weighted by Crippen LogP contribution is -2.41. The Bertz CT molecular complexity index is 1430. The second-order valence-corrected chi connectivity index (χ2v) is 10.9. The van der Waals surface area contributed by atoms with Crippen molar-refractivity contribution in [3.63, 3.8) is 0 Å². The smallest absolute Gasteiger partial charge is 0.338 e. The lowest BCUT2D eigenvalue weighted by molar-refractivity contribution is 0.0505. The number of nitrogens with zero attached hydrogens (tertiary/aromatic N) is 1. The molecule has 0 unspecified atom stereocenters. The first kappa shape index (κ1) is 23.4. The average molecular weight is 500 g/mol. The molecule has 0 N–H and O–H groups in total. The number of esters is 1. The lowest BCUT2D eigenvalue weighted by atomic mass is 10.1. The minimum atomic E-state index is -3.03. The maximum absolute atomic E-state index is 13.1. The van der Waals surface area contributed by atoms with Crippen molar-refractivity contribution in [2.45, 2.75) is 32.4 Å². The summed E-state index contributed by atoms with van der Waals surface area (Å²) in [4.78, 5) is 27.1. The van der Waals surface area contributed by atoms with E-state index in [-0.39, 0.29) is 35.5 Å². The molecule has 0 saturated carbocycles. The van der Waals surface area contributed by atoms with Crippen LogP contribution in [0.1, 0.15) is 35.7 Å². The van der Waals surface area contributed by atoms with Gasteiger partial charge in [0.15, 0.2) is 9.84 Å². The number of fused-ring (bicyclic) bond motifs is 3. The van der Waals surface area contributed by atoms with Gasteiger partial charge in [0.05, 0.1) is 34.6 Å². The summed E-state index contributed by atoms with van der Waals surface area (Å²) in [5, 5.41) is 0.338. The third-order valence-electron chi connectivity index (χ3n) is 6.20. The summed E-state index contributed by atoms with van der Waals surface area (Å²) >= 11 is 0. The molecule has 2 aliphatic heterocycles. The molecule has 184 valence electrons. The zero-order chi connectivity index (χ0) is 24.6. The summed E-state index contributed by atoms with van der Waals surface area (Å²) in [5.41, 5.74) is 1.14. The summed E-state index contributed by atoms with van der Waals surface area (Å²) in [7, 11) is -3.03. The Kier molecular flexibility index (Phi) is 6.24. The van der Waals surface area contributed by atoms with Gasteiger partial charge in [0.2, 0.25) is 11.2 Å². The highest BCUT2D eigenvalue weighted by molar-refractivity contribution is 7.91. The minimum absolute atomic E-state index is 0.00855. The van der Waals surface area contributed by atoms with E-state index < -0.39 is 15.8 Å². The fraction of sp³-hybridized carbons (Fsp3) is 0.360. The van der Waals surface area contributed by atoms with Crippen molar-refractivity contribution in [3.05, 3.63) is 64.0 Å². The van der Waals surface area contributed by atoms with E-state index in [0.29, 0.717) is 53.2 Å². The first-order valence-corrected chi connectivity index (χ1v) is 13.3. The van der Waals surface area contributed by atoms with Crippen LogP contribution in [0.5, 0.6) is 17.2 Å². The van der Waals surface area contributed by atoms with Gasteiger partial charge in [-0.2, -0.15) is 0 Å². The molecule has 0 aliphatic carbocycles. The maximum atomic E-state index is 13.1. The van der Waals surface area contributed by atoms with Gasteiger partial charge in [0, 0.05) is 12.6 Å². The molecule has 0 spiro atoms. The number of sulfone groups is 1. The Hall–Kier alpha value is -3.37. The van der Waals surface area contributed by atoms with Crippen molar-refractivity contribution in [2.24, 2.45) is 0 Å². The predicted octanol–water partition coefficient (Wildman–Crippen LogP) is 3.49. The first-order valence-electron chi connectivity index (χ1n) is 11.4. The maximum Gasteiger partial charge on any atom is 0.338 e. The number of carbonyl (C=O) groups excluding carboxylic acids is 1. The van der Waals surface area contributed by atoms with Crippen molar-refractivity contribution < 1.29 is 31.8 Å². The molecule has 2 aliphatic rings. The van der Waals surface area contributed by atoms with Crippen molar-refractivity contribution in [1.82, 2.24) is 4.90 Å². The molecule has 1 saturated heterocycles. The molecule has 0 amide bonds. The molecule has 3 aromatic rings. The van der Waals surface area contributed by atoms with Gasteiger partial charge in [0.1, 0.15) is 30.1 Å². The van der Waals surface area contributed by atoms with Crippen LogP contribution in [0.3, 0.4) is 0 Å². The molecule has 0 radical (unpaired) electrons. The minimum Gasteiger partial charge on any atom is -0.478 e. The molecular weight excluding hydrogens is 474 g/mol. The van der Waals surface area contributed by atoms with Gasteiger partial charge in [-0.3, -0.25) is 9.69 Å². The Morgan fingerprint density at radius 2 is 1.97 bits per heavy atom. The molecule has 1 aromatic heterocycles. The van der Waals surface area contributed by atoms with Crippen LogP contribution in [-0.4, -0.2) is 50.2 Å². The number of hydrogen-bond acceptors (Lipinski definition) is 9. The Balaban J connectivity index is 1.38. The van der Waals surface area contributed by atoms with Gasteiger partial charge in [-0.15, -0.1) is 0 Å². The van der Waals surface area contributed by atoms with Gasteiger partial charge in [0.25, 0.3) is 0 Å². The van der Waals surface area contributed by atoms with Crippen LogP contribution in [-0.2, 0) is 21.1 Å². The fourth-order valence-corrected chi connectivity index (χ4v) is 6.10. The summed E-state index contributed by atoms with van der Waals surface area (Å²) in [5.74, 6) is 0.852. The van der Waals surface area contributed by atoms with Crippen LogP contribution >= 0.6 is 0 Å². The zero-order valence-electron chi connectivity index (χ0n) is 19.2. The summed E-state index contributed by atoms with van der Waals surface area (Å²) < 4.78 is 46.3. The van der Waals surface area contributed by atoms with E-state index in [1.165, 1.54) is 6.26 Å². The molecule has 0 bridgehead atoms. The normalized spacial score (nSPS) is 19.2. The van der Waals surface area contributed by atoms with E-state index in [1.807, 2.05) is 11.8 Å². The third kappa shape index (κ3) is 4.76. The van der Waals surface area contributed by atoms with Gasteiger partial charge in [-0.25, -0.2) is 13.2 Å². The third-order valence-corrected chi connectivity index (χ3v) is 7.95. The second-order valence-electron chi connectivity index (χ2n) is 8.69. The highest BCUT2D eigenvalue weighted by atomic mass is 32.2. The summed E-state index contributed by atoms with van der Waals surface area (Å²) in [6.45, 7) is 2.97. The molecule has 9 nitrogen and oxygen atoms in total. The van der Waals surface area contributed by atoms with Crippen LogP contribution in [0, 0.1) is 0 Å². The van der Waals surface area contributed by atoms with E-state index >= 15 is 0 Å². The standard InChI is InChI=1S/C25H25NO8S/c1-2-10-31-25(28)16-3-5-18(6-4-16)34-22-13-32-24-19(23(22)27)7-8-21-20(24)12-26(15-33-21)17-9-11-35(29,30)14-17/h3-8,13,17H,2,9-12,14-15H2,1H3/t17-/m0/s1. The van der Waals surface area contributed by atoms with Crippen LogP contribution in [0.4, 0.5) is 0 Å². The van der Waals surface area contributed by atoms with E-state index in [2.05, 4.69) is 0 Å². The van der Waals surface area contributed by atoms with Gasteiger partial charge in [-0.05, 0) is 49.2 Å². The van der Waals surface area contributed by atoms with Crippen LogP contribution in [0.15, 0.2) is 51.9 Å². The van der Waals surface area contributed by atoms with E-state index in [4.69, 9.17) is 18.6 Å². The number of hydrogen-bond donors (Lipinski definition) is 0. The number of ether oxygens (including phenoxy) is 3. The average Bonchev–Trinajstić information content (AvgIpc) is 3.23. The fourth-order valence-electron chi connectivity index (χ4n) is 4.34. The van der Waals surface area contributed by atoms with Crippen molar-refractivity contribution >= 4 is 26.8 Å². The van der Waals surface area contributed by atoms with Crippen LogP contribution < -0.4 is 14.9 Å². The zero-order valence-corrected chi connectivity index (χ0v) is 20.0. The Morgan fingerprint density at radius 3 is 2.69 bits per heavy atom. The van der Waals surface area contributed by atoms with Crippen molar-refractivity contribution in [2.75, 3.05) is 24.8 Å². The lowest BCUT2D eigenvalue weighted by Gasteiger charge is -2.33. The molecule has 3 heterocycles. The van der Waals surface area contributed by atoms with Crippen molar-refractivity contribution in [1.29, 1.82) is 0 Å². The highest BCUT2D eigenvalue weighted by Gasteiger charge is 2.35. The summed E-state index contributed by atoms with van der Waals surface area (Å²) in [6.07, 6.45) is 2.55. The Labute approximate surface area is 202 Å². The topological polar surface area (TPSA) is 112 Å². The quantitative estimate of drug-likeness (QED) is 0.470. The summed E-state index contributed by atoms with van der Waals surface area (Å²) in [6, 6.07) is 9.54. The second kappa shape index (κ2) is 9.35. The van der Waals surface area contributed by atoms with Gasteiger partial charge < -0.3 is 18.6 Å². The van der Waals surface area contributed by atoms with Crippen LogP contribution in [0.25, 0.3) is 11.0 Å². The van der Waals surface area contributed by atoms with Gasteiger partial charge >= 0.3 is 5.97 Å². The first-order chi connectivity index (χ1) is 16.8. The molecule has 10 heteroatoms. The molecule has 1 fully saturated rings. The largest absolute Gasteiger partial charge is 0.478 e. The number of benzene rings is 2. The monoisotopic (exact) mass is 499 g/mol. The van der Waals surface area contributed by atoms with E-state index in [9.17, 15) is 18.0 Å². The van der Waals surface area contributed by atoms with Crippen molar-refractivity contribution in [3.8, 4) is 17.2 Å². The molecule has 1 atom stereocenters. The van der Waals surface area contributed by atoms with E-state index in [1.54, 1.807) is 36.4 Å². The SMILES string of the molecule is CCCOC(=O)c1ccc(Oc2coc3c4c(ccc3c2=O)OCN([C@H]2CCS(=O)(=O)C2)C4)cc1. The highest BCUT2D eigenvalue weighted by Crippen LogP contribution is 2.34. The molecule has 2 aromatic carbocycles. The Morgan fingerprint density at radius 1 is 1.17 bits per heavy atom. The molecule has 5 rings (SSSR count). The predicted molar refractivity (Wildman–Crippen MR) is 128 cm³/mol. The van der Waals surface area contributed by atoms with Crippen LogP contribution in [0.2, 0.25) is 0 Å². The number of rotatable bonds is 6.